The number of hydrogen-bond acceptors (Lipinski definition) is 15. The molecule has 0 bridgehead atoms. The highest BCUT2D eigenvalue weighted by Crippen LogP contribution is 2.50. The van der Waals surface area contributed by atoms with Gasteiger partial charge in [0.15, 0.2) is 41.3 Å². The van der Waals surface area contributed by atoms with Crippen LogP contribution in [0, 0.1) is 5.92 Å². The number of nitrogen functional groups attached to an aromatic ring is 1. The van der Waals surface area contributed by atoms with Gasteiger partial charge < -0.3 is 24.6 Å². The Kier molecular flexibility index (Phi) is 10.1. The Labute approximate surface area is 279 Å². The van der Waals surface area contributed by atoms with Crippen LogP contribution in [0.4, 0.5) is 20.5 Å². The SMILES string of the molecule is CC(C)C(=O)Nc1nc2c(ncn2[C@@H]2O[C@H](CO[P+](=O)O)[C@@H](OP(O)(=S)OC[C@@H]3C[C@@H](F)[C@H](n4cnc5c(N)ncnc54)O3)[C@H]2F)c(=O)[nH]1. The predicted molar refractivity (Wildman–Crippen MR) is 167 cm³/mol. The summed E-state index contributed by atoms with van der Waals surface area (Å²) < 4.78 is 72.1. The van der Waals surface area contributed by atoms with Crippen LogP contribution in [0.3, 0.4) is 0 Å². The third-order valence-electron chi connectivity index (χ3n) is 7.56. The minimum atomic E-state index is -4.33. The molecule has 0 saturated carbocycles. The van der Waals surface area contributed by atoms with E-state index in [4.69, 9.17) is 40.6 Å². The molecular formula is C24H29F2N10O10P2S+. The van der Waals surface area contributed by atoms with Crippen LogP contribution in [-0.4, -0.2) is 98.6 Å². The lowest BCUT2D eigenvalue weighted by molar-refractivity contribution is -0.118. The fourth-order valence-corrected chi connectivity index (χ4v) is 6.95. The molecule has 20 nitrogen and oxygen atoms in total. The molecule has 25 heteroatoms. The molecule has 4 aromatic rings. The van der Waals surface area contributed by atoms with Gasteiger partial charge >= 0.3 is 15.0 Å². The van der Waals surface area contributed by atoms with Crippen molar-refractivity contribution in [2.75, 3.05) is 24.3 Å². The van der Waals surface area contributed by atoms with Crippen molar-refractivity contribution in [1.82, 2.24) is 39.0 Å². The maximum Gasteiger partial charge on any atom is 0.694 e. The average Bonchev–Trinajstić information content (AvgIpc) is 3.81. The number of anilines is 2. The van der Waals surface area contributed by atoms with E-state index in [0.717, 1.165) is 10.9 Å². The minimum Gasteiger partial charge on any atom is -0.382 e. The van der Waals surface area contributed by atoms with E-state index in [1.807, 2.05) is 0 Å². The summed E-state index contributed by atoms with van der Waals surface area (Å²) in [6.45, 7) is -2.24. The Bertz CT molecular complexity index is 2000. The van der Waals surface area contributed by atoms with Gasteiger partial charge in [0.25, 0.3) is 5.56 Å². The molecule has 2 fully saturated rings. The number of carbonyl (C=O) groups is 1. The number of fused-ring (bicyclic) bond motifs is 2. The van der Waals surface area contributed by atoms with Crippen molar-refractivity contribution < 1.29 is 51.0 Å². The van der Waals surface area contributed by atoms with Crippen LogP contribution in [0.25, 0.3) is 22.3 Å². The summed E-state index contributed by atoms with van der Waals surface area (Å²) in [6, 6.07) is 0. The normalized spacial score (nSPS) is 27.2. The monoisotopic (exact) mass is 749 g/mol. The second-order valence-corrected chi connectivity index (χ2v) is 14.8. The topological polar surface area (TPSA) is 266 Å². The summed E-state index contributed by atoms with van der Waals surface area (Å²) in [5, 5.41) is 2.44. The van der Waals surface area contributed by atoms with Gasteiger partial charge in [0.1, 0.15) is 36.8 Å². The second kappa shape index (κ2) is 14.0. The Morgan fingerprint density at radius 3 is 2.61 bits per heavy atom. The van der Waals surface area contributed by atoms with Crippen LogP contribution in [-0.2, 0) is 44.2 Å². The van der Waals surface area contributed by atoms with E-state index in [0.29, 0.717) is 0 Å². The maximum atomic E-state index is 16.2. The quantitative estimate of drug-likeness (QED) is 0.128. The van der Waals surface area contributed by atoms with Crippen LogP contribution in [0.15, 0.2) is 23.8 Å². The molecule has 6 N–H and O–H groups in total. The molecule has 0 spiro atoms. The number of nitrogens with two attached hydrogens (primary N) is 1. The van der Waals surface area contributed by atoms with E-state index in [1.165, 1.54) is 17.2 Å². The first-order valence-corrected chi connectivity index (χ1v) is 18.2. The zero-order chi connectivity index (χ0) is 35.2. The number of amides is 1. The van der Waals surface area contributed by atoms with E-state index in [2.05, 4.69) is 35.2 Å². The number of aromatic amines is 1. The lowest BCUT2D eigenvalue weighted by Gasteiger charge is -2.24. The molecular weight excluding hydrogens is 720 g/mol. The molecule has 49 heavy (non-hydrogen) atoms. The van der Waals surface area contributed by atoms with Gasteiger partial charge in [-0.3, -0.25) is 33.5 Å². The van der Waals surface area contributed by atoms with Crippen LogP contribution < -0.4 is 16.6 Å². The minimum absolute atomic E-state index is 0.0973. The highest BCUT2D eigenvalue weighted by Gasteiger charge is 2.51. The summed E-state index contributed by atoms with van der Waals surface area (Å²) in [5.74, 6) is -1.05. The Hall–Kier alpha value is -3.50. The Balaban J connectivity index is 1.17. The van der Waals surface area contributed by atoms with Gasteiger partial charge in [-0.25, -0.2) is 28.7 Å². The maximum absolute atomic E-state index is 16.2. The zero-order valence-electron chi connectivity index (χ0n) is 25.4. The molecule has 6 rings (SSSR count). The molecule has 4 aromatic heterocycles. The number of nitrogens with zero attached hydrogens (tertiary/aromatic N) is 7. The predicted octanol–water partition coefficient (Wildman–Crippen LogP) is 1.28. The smallest absolute Gasteiger partial charge is 0.382 e. The number of imidazole rings is 2. The van der Waals surface area contributed by atoms with Crippen LogP contribution >= 0.6 is 15.0 Å². The molecule has 9 atom stereocenters. The Morgan fingerprint density at radius 1 is 1.18 bits per heavy atom. The van der Waals surface area contributed by atoms with Crippen molar-refractivity contribution in [2.45, 2.75) is 63.4 Å². The molecule has 0 aliphatic carbocycles. The van der Waals surface area contributed by atoms with Crippen molar-refractivity contribution in [3.63, 3.8) is 0 Å². The second-order valence-electron chi connectivity index (χ2n) is 11.2. The number of halogens is 2. The standard InChI is InChI=1S/C24H28F2N10O10P2S/c1-9(2)20(37)33-24-32-19-15(21(38)34-24)31-8-36(19)23-13(26)16(12(45-23)5-42-47(39)40)46-48(41,49)43-4-10-3-11(25)22(44-10)35-7-30-14-17(27)28-6-29-18(14)35/h6-13,16,22-23H,3-5H2,1-2H3,(H5-,27,28,29,32,33,34,37,38,39,40,41,49)/p+1/t10-,11+,12+,13+,16+,22+,23+,48?/m0/s1. The molecule has 2 unspecified atom stereocenters. The molecule has 2 saturated heterocycles. The van der Waals surface area contributed by atoms with Gasteiger partial charge in [-0.1, -0.05) is 13.8 Å². The molecule has 6 heterocycles. The van der Waals surface area contributed by atoms with E-state index in [1.54, 1.807) is 13.8 Å². The third kappa shape index (κ3) is 7.36. The van der Waals surface area contributed by atoms with Crippen molar-refractivity contribution >= 4 is 66.8 Å². The first kappa shape index (κ1) is 35.3. The van der Waals surface area contributed by atoms with Crippen LogP contribution in [0.1, 0.15) is 32.7 Å². The zero-order valence-corrected chi connectivity index (χ0v) is 28.0. The number of aromatic nitrogens is 8. The molecule has 1 amide bonds. The van der Waals surface area contributed by atoms with Gasteiger partial charge in [-0.15, -0.1) is 9.42 Å². The molecule has 2 aliphatic rings. The first-order chi connectivity index (χ1) is 23.2. The van der Waals surface area contributed by atoms with E-state index >= 15 is 8.78 Å². The lowest BCUT2D eigenvalue weighted by Crippen LogP contribution is -2.34. The van der Waals surface area contributed by atoms with Crippen LogP contribution in [0.5, 0.6) is 0 Å². The van der Waals surface area contributed by atoms with Gasteiger partial charge in [0.05, 0.1) is 25.4 Å². The highest BCUT2D eigenvalue weighted by molar-refractivity contribution is 8.07. The number of ether oxygens (including phenoxy) is 2. The first-order valence-electron chi connectivity index (χ1n) is 14.5. The third-order valence-corrected chi connectivity index (χ3v) is 9.49. The summed E-state index contributed by atoms with van der Waals surface area (Å²) in [7, 11) is -3.15. The number of hydrogen-bond donors (Lipinski definition) is 5. The van der Waals surface area contributed by atoms with Crippen LogP contribution in [0.2, 0.25) is 0 Å². The summed E-state index contributed by atoms with van der Waals surface area (Å²) in [4.78, 5) is 67.5. The number of alkyl halides is 2. The fraction of sp³-hybridized carbons (Fsp3) is 0.542. The van der Waals surface area contributed by atoms with Gasteiger partial charge in [0.2, 0.25) is 11.9 Å². The van der Waals surface area contributed by atoms with Crippen molar-refractivity contribution in [1.29, 1.82) is 0 Å². The van der Waals surface area contributed by atoms with Crippen molar-refractivity contribution in [2.24, 2.45) is 5.92 Å². The number of nitrogens with one attached hydrogen (secondary N) is 2. The van der Waals surface area contributed by atoms with Crippen molar-refractivity contribution in [3.05, 3.63) is 29.3 Å². The van der Waals surface area contributed by atoms with E-state index in [-0.39, 0.29) is 40.5 Å². The number of H-pyrrole nitrogens is 1. The number of rotatable bonds is 12. The lowest BCUT2D eigenvalue weighted by atomic mass is 10.1. The highest BCUT2D eigenvalue weighted by atomic mass is 32.5. The number of carbonyl (C=O) groups excluding carboxylic acids is 1. The average molecular weight is 750 g/mol. The molecule has 2 aliphatic heterocycles. The Morgan fingerprint density at radius 2 is 1.90 bits per heavy atom. The largest absolute Gasteiger partial charge is 0.694 e. The summed E-state index contributed by atoms with van der Waals surface area (Å²) in [5.41, 5.74) is 5.15. The molecule has 0 radical (unpaired) electrons. The summed E-state index contributed by atoms with van der Waals surface area (Å²) >= 11 is 5.12. The summed E-state index contributed by atoms with van der Waals surface area (Å²) in [6.07, 6.45) is -7.29. The van der Waals surface area contributed by atoms with Crippen molar-refractivity contribution in [3.8, 4) is 0 Å². The van der Waals surface area contributed by atoms with E-state index < -0.39 is 88.7 Å². The fourth-order valence-electron chi connectivity index (χ4n) is 5.22. The molecule has 0 aromatic carbocycles. The van der Waals surface area contributed by atoms with E-state index in [9.17, 15) is 23.9 Å². The molecule has 264 valence electrons. The van der Waals surface area contributed by atoms with Gasteiger partial charge in [0, 0.05) is 16.9 Å². The van der Waals surface area contributed by atoms with Gasteiger partial charge in [-0.05, 0) is 11.8 Å². The van der Waals surface area contributed by atoms with Gasteiger partial charge in [-0.2, -0.15) is 4.98 Å².